The predicted molar refractivity (Wildman–Crippen MR) is 62.5 cm³/mol. The fourth-order valence-electron chi connectivity index (χ4n) is 1.68. The molecular weight excluding hydrogens is 228 g/mol. The highest BCUT2D eigenvalue weighted by Gasteiger charge is 2.19. The molecule has 0 heterocycles. The van der Waals surface area contributed by atoms with Gasteiger partial charge in [-0.05, 0) is 24.8 Å². The normalized spacial score (nSPS) is 15.3. The van der Waals surface area contributed by atoms with E-state index < -0.39 is 5.97 Å². The average Bonchev–Trinajstić information content (AvgIpc) is 2.72. The number of aliphatic carboxylic acids is 1. The van der Waals surface area contributed by atoms with E-state index in [9.17, 15) is 9.59 Å². The Morgan fingerprint density at radius 3 is 2.81 bits per heavy atom. The molecule has 0 unspecified atom stereocenters. The maximum Gasteiger partial charge on any atom is 0.331 e. The molecule has 0 bridgehead atoms. The molecule has 0 aromatic carbocycles. The van der Waals surface area contributed by atoms with E-state index in [0.29, 0.717) is 24.2 Å². The maximum absolute atomic E-state index is 10.9. The first kappa shape index (κ1) is 13.1. The molecule has 1 aliphatic carbocycles. The van der Waals surface area contributed by atoms with Gasteiger partial charge in [0.2, 0.25) is 0 Å². The van der Waals surface area contributed by atoms with Crippen LogP contribution in [0.25, 0.3) is 0 Å². The maximum atomic E-state index is 10.9. The van der Waals surface area contributed by atoms with Crippen molar-refractivity contribution in [3.8, 4) is 0 Å². The molecule has 0 saturated heterocycles. The lowest BCUT2D eigenvalue weighted by atomic mass is 10.2. The molecule has 0 amide bonds. The minimum absolute atomic E-state index is 0.216. The fraction of sp³-hybridized carbons (Fsp3) is 0.636. The van der Waals surface area contributed by atoms with Crippen LogP contribution in [0.3, 0.4) is 0 Å². The molecule has 0 radical (unpaired) electrons. The molecule has 4 nitrogen and oxygen atoms in total. The van der Waals surface area contributed by atoms with Gasteiger partial charge in [-0.1, -0.05) is 0 Å². The molecule has 0 spiro atoms. The van der Waals surface area contributed by atoms with Crippen molar-refractivity contribution in [3.05, 3.63) is 11.1 Å². The second-order valence-electron chi connectivity index (χ2n) is 3.62. The molecule has 1 aliphatic rings. The Bertz CT molecular complexity index is 309. The zero-order valence-corrected chi connectivity index (χ0v) is 10.1. The number of carboxylic acid groups (broad SMARTS) is 1. The van der Waals surface area contributed by atoms with Crippen molar-refractivity contribution in [2.75, 3.05) is 18.6 Å². The Balaban J connectivity index is 2.29. The lowest BCUT2D eigenvalue weighted by Crippen LogP contribution is -2.03. The summed E-state index contributed by atoms with van der Waals surface area (Å²) >= 11 is 1.59. The van der Waals surface area contributed by atoms with E-state index in [4.69, 9.17) is 5.11 Å². The van der Waals surface area contributed by atoms with E-state index in [1.54, 1.807) is 11.8 Å². The fourth-order valence-corrected chi connectivity index (χ4v) is 2.70. The average molecular weight is 244 g/mol. The Labute approximate surface area is 99.0 Å². The van der Waals surface area contributed by atoms with Crippen molar-refractivity contribution < 1.29 is 19.4 Å². The number of ether oxygens (including phenoxy) is 1. The van der Waals surface area contributed by atoms with Crippen LogP contribution >= 0.6 is 11.8 Å². The molecule has 0 aliphatic heterocycles. The second kappa shape index (κ2) is 6.58. The van der Waals surface area contributed by atoms with Gasteiger partial charge in [0, 0.05) is 17.1 Å². The molecule has 0 saturated carbocycles. The minimum Gasteiger partial charge on any atom is -0.478 e. The Morgan fingerprint density at radius 1 is 1.44 bits per heavy atom. The quantitative estimate of drug-likeness (QED) is 0.570. The first-order chi connectivity index (χ1) is 7.65. The van der Waals surface area contributed by atoms with Gasteiger partial charge >= 0.3 is 11.9 Å². The van der Waals surface area contributed by atoms with Crippen LogP contribution in [0.4, 0.5) is 0 Å². The van der Waals surface area contributed by atoms with Crippen molar-refractivity contribution in [1.82, 2.24) is 0 Å². The summed E-state index contributed by atoms with van der Waals surface area (Å²) in [6.07, 6.45) is 2.89. The largest absolute Gasteiger partial charge is 0.478 e. The summed E-state index contributed by atoms with van der Waals surface area (Å²) < 4.78 is 4.52. The number of carbonyl (C=O) groups excluding carboxylic acids is 1. The molecule has 5 heteroatoms. The highest BCUT2D eigenvalue weighted by Crippen LogP contribution is 2.28. The van der Waals surface area contributed by atoms with Gasteiger partial charge in [0.05, 0.1) is 13.5 Å². The van der Waals surface area contributed by atoms with E-state index in [0.717, 1.165) is 24.2 Å². The summed E-state index contributed by atoms with van der Waals surface area (Å²) in [5, 5.41) is 8.93. The topological polar surface area (TPSA) is 63.6 Å². The van der Waals surface area contributed by atoms with Crippen LogP contribution < -0.4 is 0 Å². The zero-order valence-electron chi connectivity index (χ0n) is 9.32. The van der Waals surface area contributed by atoms with Gasteiger partial charge in [0.1, 0.15) is 0 Å². The van der Waals surface area contributed by atoms with Crippen LogP contribution in [-0.4, -0.2) is 35.7 Å². The van der Waals surface area contributed by atoms with Gasteiger partial charge in [0.15, 0.2) is 0 Å². The zero-order chi connectivity index (χ0) is 12.0. The number of carbonyl (C=O) groups is 2. The van der Waals surface area contributed by atoms with Crippen LogP contribution in [-0.2, 0) is 14.3 Å². The number of hydrogen-bond donors (Lipinski definition) is 1. The van der Waals surface area contributed by atoms with Crippen LogP contribution in [0.15, 0.2) is 11.1 Å². The predicted octanol–water partition coefficient (Wildman–Crippen LogP) is 1.85. The van der Waals surface area contributed by atoms with Gasteiger partial charge in [-0.25, -0.2) is 4.79 Å². The number of thioether (sulfide) groups is 1. The minimum atomic E-state index is -0.791. The molecule has 0 aromatic heterocycles. The summed E-state index contributed by atoms with van der Waals surface area (Å²) in [7, 11) is 1.37. The van der Waals surface area contributed by atoms with E-state index in [1.165, 1.54) is 7.11 Å². The monoisotopic (exact) mass is 244 g/mol. The Kier molecular flexibility index (Phi) is 5.38. The third kappa shape index (κ3) is 3.89. The van der Waals surface area contributed by atoms with Crippen molar-refractivity contribution in [2.45, 2.75) is 25.7 Å². The lowest BCUT2D eigenvalue weighted by Gasteiger charge is -2.03. The van der Waals surface area contributed by atoms with Crippen LogP contribution in [0.5, 0.6) is 0 Å². The first-order valence-electron chi connectivity index (χ1n) is 5.24. The molecular formula is C11H16O4S. The molecule has 90 valence electrons. The summed E-state index contributed by atoms with van der Waals surface area (Å²) in [5.74, 6) is 0.397. The molecule has 16 heavy (non-hydrogen) atoms. The van der Waals surface area contributed by atoms with E-state index >= 15 is 0 Å². The van der Waals surface area contributed by atoms with Crippen LogP contribution in [0.1, 0.15) is 25.7 Å². The standard InChI is InChI=1S/C11H16O4S/c1-15-10(12)5-6-16-7-8-3-2-4-9(8)11(13)14/h2-7H2,1H3,(H,13,14). The van der Waals surface area contributed by atoms with Gasteiger partial charge < -0.3 is 9.84 Å². The molecule has 0 atom stereocenters. The highest BCUT2D eigenvalue weighted by molar-refractivity contribution is 7.99. The third-order valence-electron chi connectivity index (χ3n) is 2.54. The van der Waals surface area contributed by atoms with E-state index in [-0.39, 0.29) is 5.97 Å². The van der Waals surface area contributed by atoms with Crippen LogP contribution in [0, 0.1) is 0 Å². The number of esters is 1. The highest BCUT2D eigenvalue weighted by atomic mass is 32.2. The van der Waals surface area contributed by atoms with E-state index in [2.05, 4.69) is 4.74 Å². The van der Waals surface area contributed by atoms with Crippen molar-refractivity contribution in [3.63, 3.8) is 0 Å². The van der Waals surface area contributed by atoms with E-state index in [1.807, 2.05) is 0 Å². The Morgan fingerprint density at radius 2 is 2.19 bits per heavy atom. The van der Waals surface area contributed by atoms with Gasteiger partial charge in [0.25, 0.3) is 0 Å². The third-order valence-corrected chi connectivity index (χ3v) is 3.59. The van der Waals surface area contributed by atoms with Gasteiger partial charge in [-0.3, -0.25) is 4.79 Å². The SMILES string of the molecule is COC(=O)CCSCC1=C(C(=O)O)CCC1. The Hall–Kier alpha value is -0.970. The summed E-state index contributed by atoms with van der Waals surface area (Å²) in [5.41, 5.74) is 1.60. The molecule has 1 rings (SSSR count). The van der Waals surface area contributed by atoms with Crippen molar-refractivity contribution in [2.24, 2.45) is 0 Å². The lowest BCUT2D eigenvalue weighted by molar-refractivity contribution is -0.140. The molecule has 0 fully saturated rings. The van der Waals surface area contributed by atoms with Crippen molar-refractivity contribution >= 4 is 23.7 Å². The molecule has 1 N–H and O–H groups in total. The van der Waals surface area contributed by atoms with Crippen molar-refractivity contribution in [1.29, 1.82) is 0 Å². The summed E-state index contributed by atoms with van der Waals surface area (Å²) in [6, 6.07) is 0. The second-order valence-corrected chi connectivity index (χ2v) is 4.72. The molecule has 0 aromatic rings. The smallest absolute Gasteiger partial charge is 0.331 e. The van der Waals surface area contributed by atoms with Gasteiger partial charge in [-0.15, -0.1) is 0 Å². The number of rotatable bonds is 6. The first-order valence-corrected chi connectivity index (χ1v) is 6.39. The number of carboxylic acids is 1. The number of methoxy groups -OCH3 is 1. The number of hydrogen-bond acceptors (Lipinski definition) is 4. The summed E-state index contributed by atoms with van der Waals surface area (Å²) in [4.78, 5) is 21.7. The van der Waals surface area contributed by atoms with Gasteiger partial charge in [-0.2, -0.15) is 11.8 Å². The summed E-state index contributed by atoms with van der Waals surface area (Å²) in [6.45, 7) is 0. The van der Waals surface area contributed by atoms with Crippen LogP contribution in [0.2, 0.25) is 0 Å².